The molecule has 0 spiro atoms. The minimum absolute atomic E-state index is 0.107. The Hall–Kier alpha value is -3.12. The molecule has 1 fully saturated rings. The fourth-order valence-corrected chi connectivity index (χ4v) is 3.93. The summed E-state index contributed by atoms with van der Waals surface area (Å²) in [5, 5.41) is 1.18. The van der Waals surface area contributed by atoms with E-state index in [1.165, 1.54) is 10.9 Å². The first kappa shape index (κ1) is 21.1. The summed E-state index contributed by atoms with van der Waals surface area (Å²) in [6, 6.07) is 16.2. The Morgan fingerprint density at radius 2 is 1.87 bits per heavy atom. The molecule has 0 atom stereocenters. The minimum Gasteiger partial charge on any atom is -0.490 e. The van der Waals surface area contributed by atoms with Crippen LogP contribution in [-0.2, 0) is 4.84 Å². The first-order valence-electron chi connectivity index (χ1n) is 10.9. The Bertz CT molecular complexity index is 1030. The highest BCUT2D eigenvalue weighted by atomic mass is 16.7. The van der Waals surface area contributed by atoms with Crippen molar-refractivity contribution >= 4 is 16.9 Å². The van der Waals surface area contributed by atoms with Crippen molar-refractivity contribution in [1.82, 2.24) is 15.4 Å². The summed E-state index contributed by atoms with van der Waals surface area (Å²) in [6.45, 7) is 5.98. The number of para-hydroxylation sites is 1. The quantitative estimate of drug-likeness (QED) is 0.446. The summed E-state index contributed by atoms with van der Waals surface area (Å²) in [6.07, 6.45) is 4.52. The number of pyridine rings is 1. The molecule has 1 aliphatic heterocycles. The molecule has 162 valence electrons. The van der Waals surface area contributed by atoms with Gasteiger partial charge in [0.2, 0.25) is 0 Å². The SMILES string of the molecule is CCCONC(=O)N1CCC(Oc2ccc(-c3cnc4ccccc4c3C)cc2)CC1. The number of urea groups is 1. The van der Waals surface area contributed by atoms with Gasteiger partial charge in [-0.3, -0.25) is 9.82 Å². The average Bonchev–Trinajstić information content (AvgIpc) is 2.81. The van der Waals surface area contributed by atoms with Crippen LogP contribution in [0.5, 0.6) is 5.75 Å². The van der Waals surface area contributed by atoms with E-state index in [0.29, 0.717) is 19.7 Å². The van der Waals surface area contributed by atoms with Crippen molar-refractivity contribution in [3.63, 3.8) is 0 Å². The van der Waals surface area contributed by atoms with E-state index in [4.69, 9.17) is 9.57 Å². The van der Waals surface area contributed by atoms with Crippen molar-refractivity contribution in [3.05, 3.63) is 60.3 Å². The number of benzene rings is 2. The zero-order chi connectivity index (χ0) is 21.6. The van der Waals surface area contributed by atoms with Crippen LogP contribution < -0.4 is 10.2 Å². The van der Waals surface area contributed by atoms with Crippen molar-refractivity contribution in [2.75, 3.05) is 19.7 Å². The first-order chi connectivity index (χ1) is 15.2. The summed E-state index contributed by atoms with van der Waals surface area (Å²) >= 11 is 0. The molecule has 0 aliphatic carbocycles. The molecule has 6 heteroatoms. The molecule has 31 heavy (non-hydrogen) atoms. The number of amides is 2. The van der Waals surface area contributed by atoms with Gasteiger partial charge in [-0.05, 0) is 42.7 Å². The Balaban J connectivity index is 1.35. The van der Waals surface area contributed by atoms with Crippen LogP contribution in [0.1, 0.15) is 31.7 Å². The van der Waals surface area contributed by atoms with Crippen LogP contribution in [0.4, 0.5) is 4.79 Å². The van der Waals surface area contributed by atoms with Gasteiger partial charge in [-0.2, -0.15) is 0 Å². The largest absolute Gasteiger partial charge is 0.490 e. The van der Waals surface area contributed by atoms with Crippen LogP contribution in [0, 0.1) is 6.92 Å². The second-order valence-corrected chi connectivity index (χ2v) is 7.90. The third kappa shape index (κ3) is 4.97. The second kappa shape index (κ2) is 9.79. The second-order valence-electron chi connectivity index (χ2n) is 7.90. The lowest BCUT2D eigenvalue weighted by Gasteiger charge is -2.32. The molecule has 0 bridgehead atoms. The fraction of sp³-hybridized carbons (Fsp3) is 0.360. The van der Waals surface area contributed by atoms with Crippen LogP contribution in [0.15, 0.2) is 54.7 Å². The number of nitrogens with zero attached hydrogens (tertiary/aromatic N) is 2. The van der Waals surface area contributed by atoms with Gasteiger partial charge >= 0.3 is 6.03 Å². The third-order valence-electron chi connectivity index (χ3n) is 5.71. The fourth-order valence-electron chi connectivity index (χ4n) is 3.93. The summed E-state index contributed by atoms with van der Waals surface area (Å²) in [7, 11) is 0. The van der Waals surface area contributed by atoms with E-state index in [0.717, 1.165) is 41.7 Å². The van der Waals surface area contributed by atoms with Gasteiger partial charge < -0.3 is 9.64 Å². The Morgan fingerprint density at radius 1 is 1.13 bits per heavy atom. The number of hydrogen-bond donors (Lipinski definition) is 1. The van der Waals surface area contributed by atoms with Crippen LogP contribution in [0.25, 0.3) is 22.0 Å². The standard InChI is InChI=1S/C25H29N3O3/c1-3-16-30-27-25(29)28-14-12-21(13-15-28)31-20-10-8-19(9-11-20)23-17-26-24-7-5-4-6-22(24)18(23)2/h4-11,17,21H,3,12-16H2,1-2H3,(H,27,29). The average molecular weight is 420 g/mol. The van der Waals surface area contributed by atoms with Crippen LogP contribution in [0.2, 0.25) is 0 Å². The van der Waals surface area contributed by atoms with Crippen molar-refractivity contribution in [2.45, 2.75) is 39.2 Å². The Labute approximate surface area is 183 Å². The predicted molar refractivity (Wildman–Crippen MR) is 122 cm³/mol. The molecule has 0 unspecified atom stereocenters. The Kier molecular flexibility index (Phi) is 6.67. The van der Waals surface area contributed by atoms with E-state index in [1.54, 1.807) is 4.90 Å². The molecule has 1 aromatic heterocycles. The highest BCUT2D eigenvalue weighted by molar-refractivity contribution is 5.88. The number of aryl methyl sites for hydroxylation is 1. The maximum Gasteiger partial charge on any atom is 0.341 e. The molecule has 1 saturated heterocycles. The van der Waals surface area contributed by atoms with E-state index >= 15 is 0 Å². The third-order valence-corrected chi connectivity index (χ3v) is 5.71. The van der Waals surface area contributed by atoms with Gasteiger partial charge in [0, 0.05) is 43.1 Å². The monoisotopic (exact) mass is 419 g/mol. The molecule has 2 amide bonds. The van der Waals surface area contributed by atoms with Crippen molar-refractivity contribution in [1.29, 1.82) is 0 Å². The first-order valence-corrected chi connectivity index (χ1v) is 10.9. The van der Waals surface area contributed by atoms with Crippen LogP contribution in [0.3, 0.4) is 0 Å². The van der Waals surface area contributed by atoms with Crippen molar-refractivity contribution in [2.24, 2.45) is 0 Å². The number of ether oxygens (including phenoxy) is 1. The topological polar surface area (TPSA) is 63.7 Å². The lowest BCUT2D eigenvalue weighted by Crippen LogP contribution is -2.46. The Morgan fingerprint density at radius 3 is 2.61 bits per heavy atom. The van der Waals surface area contributed by atoms with Gasteiger partial charge in [-0.1, -0.05) is 37.3 Å². The number of carbonyl (C=O) groups is 1. The molecule has 0 saturated carbocycles. The van der Waals surface area contributed by atoms with E-state index < -0.39 is 0 Å². The molecule has 1 aliphatic rings. The lowest BCUT2D eigenvalue weighted by atomic mass is 9.99. The predicted octanol–water partition coefficient (Wildman–Crippen LogP) is 5.10. The number of likely N-dealkylation sites (tertiary alicyclic amines) is 1. The summed E-state index contributed by atoms with van der Waals surface area (Å²) in [5.41, 5.74) is 7.00. The van der Waals surface area contributed by atoms with Crippen molar-refractivity contribution in [3.8, 4) is 16.9 Å². The van der Waals surface area contributed by atoms with E-state index in [2.05, 4.69) is 35.6 Å². The van der Waals surface area contributed by atoms with Crippen LogP contribution in [-0.4, -0.2) is 41.7 Å². The van der Waals surface area contributed by atoms with E-state index in [-0.39, 0.29) is 12.1 Å². The van der Waals surface area contributed by atoms with Gasteiger partial charge in [-0.15, -0.1) is 0 Å². The molecule has 2 aromatic carbocycles. The molecular weight excluding hydrogens is 390 g/mol. The summed E-state index contributed by atoms with van der Waals surface area (Å²) in [4.78, 5) is 23.6. The number of aromatic nitrogens is 1. The number of hydrogen-bond acceptors (Lipinski definition) is 4. The number of carbonyl (C=O) groups excluding carboxylic acids is 1. The summed E-state index contributed by atoms with van der Waals surface area (Å²) < 4.78 is 6.17. The number of fused-ring (bicyclic) bond motifs is 1. The van der Waals surface area contributed by atoms with Crippen LogP contribution >= 0.6 is 0 Å². The number of nitrogens with one attached hydrogen (secondary N) is 1. The van der Waals surface area contributed by atoms with Gasteiger partial charge in [0.25, 0.3) is 0 Å². The van der Waals surface area contributed by atoms with E-state index in [9.17, 15) is 4.79 Å². The zero-order valence-electron chi connectivity index (χ0n) is 18.1. The maximum atomic E-state index is 12.1. The normalized spacial score (nSPS) is 14.6. The number of piperidine rings is 1. The minimum atomic E-state index is -0.171. The maximum absolute atomic E-state index is 12.1. The highest BCUT2D eigenvalue weighted by Gasteiger charge is 2.24. The lowest BCUT2D eigenvalue weighted by molar-refractivity contribution is 0.0384. The molecule has 6 nitrogen and oxygen atoms in total. The zero-order valence-corrected chi connectivity index (χ0v) is 18.1. The number of hydroxylamine groups is 1. The van der Waals surface area contributed by atoms with Gasteiger partial charge in [0.05, 0.1) is 12.1 Å². The molecule has 0 radical (unpaired) electrons. The highest BCUT2D eigenvalue weighted by Crippen LogP contribution is 2.30. The molecule has 2 heterocycles. The smallest absolute Gasteiger partial charge is 0.341 e. The van der Waals surface area contributed by atoms with Gasteiger partial charge in [-0.25, -0.2) is 10.3 Å². The van der Waals surface area contributed by atoms with Crippen molar-refractivity contribution < 1.29 is 14.4 Å². The van der Waals surface area contributed by atoms with E-state index in [1.807, 2.05) is 43.5 Å². The number of rotatable bonds is 6. The summed E-state index contributed by atoms with van der Waals surface area (Å²) in [5.74, 6) is 0.851. The molecular formula is C25H29N3O3. The van der Waals surface area contributed by atoms with Gasteiger partial charge in [0.15, 0.2) is 0 Å². The molecule has 1 N–H and O–H groups in total. The van der Waals surface area contributed by atoms with Gasteiger partial charge in [0.1, 0.15) is 11.9 Å². The molecule has 4 rings (SSSR count). The molecule has 3 aromatic rings.